The molecule has 116 valence electrons. The van der Waals surface area contributed by atoms with Crippen molar-refractivity contribution in [3.05, 3.63) is 35.1 Å². The summed E-state index contributed by atoms with van der Waals surface area (Å²) in [6, 6.07) is 6.46. The van der Waals surface area contributed by atoms with Crippen LogP contribution in [0.3, 0.4) is 0 Å². The predicted octanol–water partition coefficient (Wildman–Crippen LogP) is 4.36. The third kappa shape index (κ3) is 5.55. The second kappa shape index (κ2) is 9.12. The highest BCUT2D eigenvalue weighted by Crippen LogP contribution is 2.38. The minimum absolute atomic E-state index is 0.303. The van der Waals surface area contributed by atoms with Crippen molar-refractivity contribution in [3.63, 3.8) is 0 Å². The van der Waals surface area contributed by atoms with Crippen LogP contribution in [0.5, 0.6) is 0 Å². The van der Waals surface area contributed by atoms with E-state index in [-0.39, 0.29) is 17.3 Å². The fourth-order valence-electron chi connectivity index (χ4n) is 1.70. The van der Waals surface area contributed by atoms with Gasteiger partial charge >= 0.3 is 0 Å². The number of amides is 1. The number of aryl methyl sites for hydroxylation is 1. The van der Waals surface area contributed by atoms with Gasteiger partial charge in [-0.2, -0.15) is 5.26 Å². The zero-order valence-corrected chi connectivity index (χ0v) is 13.6. The molecule has 0 unspecified atom stereocenters. The number of hydrogen-bond acceptors (Lipinski definition) is 2. The first-order valence-corrected chi connectivity index (χ1v) is 7.52. The molecular weight excluding hydrogens is 267 g/mol. The van der Waals surface area contributed by atoms with Gasteiger partial charge in [0.05, 0.1) is 18.0 Å². The van der Waals surface area contributed by atoms with Gasteiger partial charge in [0.25, 0.3) is 5.91 Å². The first-order valence-electron chi connectivity index (χ1n) is 7.52. The molecular formula is C17H25FN2O. The van der Waals surface area contributed by atoms with Crippen LogP contribution in [0.1, 0.15) is 62.9 Å². The second-order valence-electron chi connectivity index (χ2n) is 4.53. The van der Waals surface area contributed by atoms with E-state index in [0.717, 1.165) is 12.8 Å². The third-order valence-corrected chi connectivity index (χ3v) is 3.08. The van der Waals surface area contributed by atoms with E-state index in [2.05, 4.69) is 11.4 Å². The second-order valence-corrected chi connectivity index (χ2v) is 4.53. The minimum Gasteiger partial charge on any atom is -0.346 e. The number of carbonyl (C=O) groups is 1. The van der Waals surface area contributed by atoms with Gasteiger partial charge < -0.3 is 5.32 Å². The molecule has 21 heavy (non-hydrogen) atoms. The fraction of sp³-hybridized carbons (Fsp3) is 0.529. The van der Waals surface area contributed by atoms with Crippen LogP contribution >= 0.6 is 0 Å². The van der Waals surface area contributed by atoms with Crippen molar-refractivity contribution in [2.45, 2.75) is 59.4 Å². The van der Waals surface area contributed by atoms with Gasteiger partial charge in [-0.15, -0.1) is 0 Å². The lowest BCUT2D eigenvalue weighted by atomic mass is 10.1. The SMILES string of the molecule is CC.CC.Cc1ccc(C(=O)NC2(CC#N)CC2)cc1F. The van der Waals surface area contributed by atoms with Gasteiger partial charge in [0.15, 0.2) is 0 Å². The summed E-state index contributed by atoms with van der Waals surface area (Å²) in [7, 11) is 0. The Bertz CT molecular complexity index is 502. The lowest BCUT2D eigenvalue weighted by molar-refractivity contribution is 0.0932. The Morgan fingerprint density at radius 3 is 2.33 bits per heavy atom. The highest BCUT2D eigenvalue weighted by molar-refractivity contribution is 5.95. The summed E-state index contributed by atoms with van der Waals surface area (Å²) in [6.45, 7) is 9.65. The number of halogens is 1. The van der Waals surface area contributed by atoms with Gasteiger partial charge in [-0.05, 0) is 37.5 Å². The highest BCUT2D eigenvalue weighted by atomic mass is 19.1. The molecule has 2 rings (SSSR count). The van der Waals surface area contributed by atoms with E-state index in [4.69, 9.17) is 5.26 Å². The fourth-order valence-corrected chi connectivity index (χ4v) is 1.70. The Balaban J connectivity index is 0.000000921. The molecule has 1 N–H and O–H groups in total. The van der Waals surface area contributed by atoms with Crippen molar-refractivity contribution in [2.75, 3.05) is 0 Å². The molecule has 0 bridgehead atoms. The van der Waals surface area contributed by atoms with E-state index in [1.165, 1.54) is 6.07 Å². The normalized spacial score (nSPS) is 13.6. The number of hydrogen-bond donors (Lipinski definition) is 1. The maximum atomic E-state index is 13.3. The van der Waals surface area contributed by atoms with Crippen molar-refractivity contribution < 1.29 is 9.18 Å². The van der Waals surface area contributed by atoms with Crippen molar-refractivity contribution in [3.8, 4) is 6.07 Å². The van der Waals surface area contributed by atoms with Crippen molar-refractivity contribution in [1.29, 1.82) is 5.26 Å². The van der Waals surface area contributed by atoms with Gasteiger partial charge in [-0.3, -0.25) is 4.79 Å². The van der Waals surface area contributed by atoms with E-state index in [0.29, 0.717) is 17.5 Å². The van der Waals surface area contributed by atoms with Crippen LogP contribution in [0.4, 0.5) is 4.39 Å². The average molecular weight is 292 g/mol. The number of nitrogens with one attached hydrogen (secondary N) is 1. The lowest BCUT2D eigenvalue weighted by Gasteiger charge is -2.13. The first kappa shape index (κ1) is 19.1. The van der Waals surface area contributed by atoms with E-state index in [1.807, 2.05) is 27.7 Å². The maximum Gasteiger partial charge on any atom is 0.251 e. The number of rotatable bonds is 3. The maximum absolute atomic E-state index is 13.3. The molecule has 1 aliphatic carbocycles. The highest BCUT2D eigenvalue weighted by Gasteiger charge is 2.43. The predicted molar refractivity (Wildman–Crippen MR) is 83.5 cm³/mol. The van der Waals surface area contributed by atoms with Gasteiger partial charge in [-0.25, -0.2) is 4.39 Å². The Morgan fingerprint density at radius 1 is 1.33 bits per heavy atom. The van der Waals surface area contributed by atoms with E-state index < -0.39 is 0 Å². The standard InChI is InChI=1S/C13H13FN2O.2C2H6/c1-9-2-3-10(8-11(9)14)12(17)16-13(4-5-13)6-7-15;2*1-2/h2-3,8H,4-6H2,1H3,(H,16,17);2*1-2H3. The zero-order chi connectivity index (χ0) is 16.5. The molecule has 0 aromatic heterocycles. The number of carbonyl (C=O) groups excluding carboxylic acids is 1. The smallest absolute Gasteiger partial charge is 0.251 e. The van der Waals surface area contributed by atoms with E-state index in [1.54, 1.807) is 19.1 Å². The molecule has 1 saturated carbocycles. The summed E-state index contributed by atoms with van der Waals surface area (Å²) in [5, 5.41) is 11.4. The van der Waals surface area contributed by atoms with Gasteiger partial charge in [-0.1, -0.05) is 33.8 Å². The summed E-state index contributed by atoms with van der Waals surface area (Å²) in [6.07, 6.45) is 1.95. The molecule has 1 aliphatic rings. The molecule has 0 radical (unpaired) electrons. The molecule has 1 fully saturated rings. The third-order valence-electron chi connectivity index (χ3n) is 3.08. The van der Waals surface area contributed by atoms with Crippen molar-refractivity contribution in [1.82, 2.24) is 5.32 Å². The molecule has 4 heteroatoms. The summed E-state index contributed by atoms with van der Waals surface area (Å²) >= 11 is 0. The molecule has 0 heterocycles. The lowest BCUT2D eigenvalue weighted by Crippen LogP contribution is -2.36. The van der Waals surface area contributed by atoms with Crippen molar-refractivity contribution in [2.24, 2.45) is 0 Å². The largest absolute Gasteiger partial charge is 0.346 e. The number of benzene rings is 1. The molecule has 1 aromatic carbocycles. The summed E-state index contributed by atoms with van der Waals surface area (Å²) in [5.41, 5.74) is 0.449. The first-order chi connectivity index (χ1) is 10.1. The Hall–Kier alpha value is -1.89. The summed E-state index contributed by atoms with van der Waals surface area (Å²) in [4.78, 5) is 11.9. The molecule has 0 saturated heterocycles. The Kier molecular flexibility index (Phi) is 8.30. The monoisotopic (exact) mass is 292 g/mol. The van der Waals surface area contributed by atoms with E-state index in [9.17, 15) is 9.18 Å². The number of nitriles is 1. The minimum atomic E-state index is -0.386. The van der Waals surface area contributed by atoms with Crippen LogP contribution in [0.2, 0.25) is 0 Å². The summed E-state index contributed by atoms with van der Waals surface area (Å²) < 4.78 is 13.3. The molecule has 1 aromatic rings. The molecule has 0 aliphatic heterocycles. The van der Waals surface area contributed by atoms with Crippen LogP contribution in [0.15, 0.2) is 18.2 Å². The molecule has 3 nitrogen and oxygen atoms in total. The van der Waals surface area contributed by atoms with Gasteiger partial charge in [0.2, 0.25) is 0 Å². The number of nitrogens with zero attached hydrogens (tertiary/aromatic N) is 1. The molecule has 1 amide bonds. The van der Waals surface area contributed by atoms with Crippen molar-refractivity contribution >= 4 is 5.91 Å². The quantitative estimate of drug-likeness (QED) is 0.899. The topological polar surface area (TPSA) is 52.9 Å². The van der Waals surface area contributed by atoms with Crippen LogP contribution in [0, 0.1) is 24.1 Å². The Morgan fingerprint density at radius 2 is 1.90 bits per heavy atom. The van der Waals surface area contributed by atoms with Crippen LogP contribution in [0.25, 0.3) is 0 Å². The Labute approximate surface area is 127 Å². The van der Waals surface area contributed by atoms with Crippen LogP contribution in [-0.4, -0.2) is 11.4 Å². The summed E-state index contributed by atoms with van der Waals surface area (Å²) in [5.74, 6) is -0.695. The molecule has 0 atom stereocenters. The van der Waals surface area contributed by atoms with E-state index >= 15 is 0 Å². The van der Waals surface area contributed by atoms with Crippen LogP contribution in [-0.2, 0) is 0 Å². The zero-order valence-electron chi connectivity index (χ0n) is 13.6. The van der Waals surface area contributed by atoms with Crippen LogP contribution < -0.4 is 5.32 Å². The average Bonchev–Trinajstić information content (AvgIpc) is 3.26. The van der Waals surface area contributed by atoms with Gasteiger partial charge in [0, 0.05) is 5.56 Å². The van der Waals surface area contributed by atoms with Gasteiger partial charge in [0.1, 0.15) is 5.82 Å². The molecule has 0 spiro atoms.